The molecule has 1 amide bonds. The Balaban J connectivity index is 1.34. The Labute approximate surface area is 181 Å². The average Bonchev–Trinajstić information content (AvgIpc) is 3.35. The van der Waals surface area contributed by atoms with E-state index in [-0.39, 0.29) is 17.5 Å². The SMILES string of the molecule is O=C(N[C@@H]1CCCc2ccccc21)c1ccc(-n2nc(N3CCCC3)ccc2=O)cc1. The fourth-order valence-corrected chi connectivity index (χ4v) is 4.60. The van der Waals surface area contributed by atoms with Crippen LogP contribution in [-0.4, -0.2) is 28.8 Å². The summed E-state index contributed by atoms with van der Waals surface area (Å²) in [5.41, 5.74) is 3.59. The molecule has 31 heavy (non-hydrogen) atoms. The monoisotopic (exact) mass is 414 g/mol. The highest BCUT2D eigenvalue weighted by atomic mass is 16.1. The predicted molar refractivity (Wildman–Crippen MR) is 121 cm³/mol. The minimum Gasteiger partial charge on any atom is -0.355 e. The topological polar surface area (TPSA) is 67.2 Å². The largest absolute Gasteiger partial charge is 0.355 e. The first-order valence-corrected chi connectivity index (χ1v) is 11.0. The molecule has 5 rings (SSSR count). The molecule has 1 aromatic heterocycles. The lowest BCUT2D eigenvalue weighted by molar-refractivity contribution is 0.0933. The van der Waals surface area contributed by atoms with Gasteiger partial charge in [-0.2, -0.15) is 4.68 Å². The van der Waals surface area contributed by atoms with Crippen molar-refractivity contribution in [2.24, 2.45) is 0 Å². The molecule has 1 saturated heterocycles. The fraction of sp³-hybridized carbons (Fsp3) is 0.320. The van der Waals surface area contributed by atoms with Crippen molar-refractivity contribution in [2.75, 3.05) is 18.0 Å². The lowest BCUT2D eigenvalue weighted by atomic mass is 9.87. The molecule has 2 heterocycles. The van der Waals surface area contributed by atoms with E-state index in [1.165, 1.54) is 15.8 Å². The summed E-state index contributed by atoms with van der Waals surface area (Å²) in [6, 6.07) is 18.8. The summed E-state index contributed by atoms with van der Waals surface area (Å²) in [5, 5.41) is 7.73. The maximum absolute atomic E-state index is 12.9. The van der Waals surface area contributed by atoms with Crippen molar-refractivity contribution in [1.29, 1.82) is 0 Å². The lowest BCUT2D eigenvalue weighted by Crippen LogP contribution is -2.31. The highest BCUT2D eigenvalue weighted by Crippen LogP contribution is 2.29. The number of benzene rings is 2. The lowest BCUT2D eigenvalue weighted by Gasteiger charge is -2.26. The predicted octanol–water partition coefficient (Wildman–Crippen LogP) is 3.64. The molecule has 1 N–H and O–H groups in total. The number of aromatic nitrogens is 2. The molecule has 1 fully saturated rings. The molecule has 0 bridgehead atoms. The summed E-state index contributed by atoms with van der Waals surface area (Å²) >= 11 is 0. The van der Waals surface area contributed by atoms with Gasteiger partial charge in [0.2, 0.25) is 0 Å². The van der Waals surface area contributed by atoms with Gasteiger partial charge >= 0.3 is 0 Å². The molecule has 1 aliphatic heterocycles. The van der Waals surface area contributed by atoms with Crippen LogP contribution in [0.2, 0.25) is 0 Å². The van der Waals surface area contributed by atoms with Gasteiger partial charge in [-0.15, -0.1) is 5.10 Å². The summed E-state index contributed by atoms with van der Waals surface area (Å²) in [6.07, 6.45) is 5.38. The zero-order chi connectivity index (χ0) is 21.2. The van der Waals surface area contributed by atoms with E-state index < -0.39 is 0 Å². The normalized spacial score (nSPS) is 17.9. The van der Waals surface area contributed by atoms with Gasteiger partial charge in [-0.05, 0) is 73.6 Å². The van der Waals surface area contributed by atoms with Crippen molar-refractivity contribution < 1.29 is 4.79 Å². The van der Waals surface area contributed by atoms with Gasteiger partial charge < -0.3 is 10.2 Å². The Bertz CT molecular complexity index is 1150. The fourth-order valence-electron chi connectivity index (χ4n) is 4.60. The second kappa shape index (κ2) is 8.38. The molecule has 0 spiro atoms. The smallest absolute Gasteiger partial charge is 0.271 e. The van der Waals surface area contributed by atoms with Crippen LogP contribution in [0.5, 0.6) is 0 Å². The van der Waals surface area contributed by atoms with E-state index in [0.29, 0.717) is 11.3 Å². The summed E-state index contributed by atoms with van der Waals surface area (Å²) in [6.45, 7) is 1.93. The van der Waals surface area contributed by atoms with Crippen LogP contribution < -0.4 is 15.8 Å². The number of anilines is 1. The average molecular weight is 415 g/mol. The number of nitrogens with one attached hydrogen (secondary N) is 1. The van der Waals surface area contributed by atoms with Crippen LogP contribution in [0, 0.1) is 0 Å². The molecular weight excluding hydrogens is 388 g/mol. The minimum absolute atomic E-state index is 0.0403. The van der Waals surface area contributed by atoms with E-state index in [0.717, 1.165) is 51.0 Å². The van der Waals surface area contributed by atoms with E-state index in [1.807, 2.05) is 6.07 Å². The third-order valence-corrected chi connectivity index (χ3v) is 6.27. The molecule has 6 nitrogen and oxygen atoms in total. The van der Waals surface area contributed by atoms with Crippen LogP contribution >= 0.6 is 0 Å². The van der Waals surface area contributed by atoms with E-state index in [9.17, 15) is 9.59 Å². The molecule has 158 valence electrons. The van der Waals surface area contributed by atoms with Crippen molar-refractivity contribution in [1.82, 2.24) is 15.1 Å². The van der Waals surface area contributed by atoms with Crippen molar-refractivity contribution in [3.8, 4) is 5.69 Å². The van der Waals surface area contributed by atoms with Crippen LogP contribution in [0.25, 0.3) is 5.69 Å². The first-order valence-electron chi connectivity index (χ1n) is 11.0. The van der Waals surface area contributed by atoms with Gasteiger partial charge in [0.25, 0.3) is 11.5 Å². The van der Waals surface area contributed by atoms with Gasteiger partial charge in [0.05, 0.1) is 11.7 Å². The Kier molecular flexibility index (Phi) is 5.28. The Morgan fingerprint density at radius 3 is 2.52 bits per heavy atom. The highest BCUT2D eigenvalue weighted by Gasteiger charge is 2.22. The number of nitrogens with zero attached hydrogens (tertiary/aromatic N) is 3. The zero-order valence-corrected chi connectivity index (χ0v) is 17.5. The molecule has 1 aliphatic carbocycles. The summed E-state index contributed by atoms with van der Waals surface area (Å²) < 4.78 is 1.41. The molecule has 6 heteroatoms. The standard InChI is InChI=1S/C25H26N4O2/c30-24-15-14-23(28-16-3-4-17-28)27-29(24)20-12-10-19(11-13-20)25(31)26-22-9-5-7-18-6-1-2-8-21(18)22/h1-2,6,8,10-15,22H,3-5,7,9,16-17H2,(H,26,31)/t22-/m1/s1. The molecule has 1 atom stereocenters. The third-order valence-electron chi connectivity index (χ3n) is 6.27. The van der Waals surface area contributed by atoms with Gasteiger partial charge in [0.1, 0.15) is 5.82 Å². The molecule has 3 aromatic rings. The maximum Gasteiger partial charge on any atom is 0.271 e. The van der Waals surface area contributed by atoms with E-state index in [2.05, 4.69) is 33.5 Å². The van der Waals surface area contributed by atoms with E-state index >= 15 is 0 Å². The Morgan fingerprint density at radius 2 is 1.71 bits per heavy atom. The van der Waals surface area contributed by atoms with Crippen LogP contribution in [0.1, 0.15) is 53.2 Å². The molecular formula is C25H26N4O2. The van der Waals surface area contributed by atoms with Crippen molar-refractivity contribution in [3.63, 3.8) is 0 Å². The zero-order valence-electron chi connectivity index (χ0n) is 17.5. The second-order valence-electron chi connectivity index (χ2n) is 8.30. The number of amides is 1. The van der Waals surface area contributed by atoms with Crippen molar-refractivity contribution in [2.45, 2.75) is 38.1 Å². The molecule has 0 unspecified atom stereocenters. The molecule has 0 saturated carbocycles. The number of carbonyl (C=O) groups is 1. The summed E-state index contributed by atoms with van der Waals surface area (Å²) in [5.74, 6) is 0.717. The van der Waals surface area contributed by atoms with Gasteiger partial charge in [0, 0.05) is 24.7 Å². The van der Waals surface area contributed by atoms with Gasteiger partial charge in [-0.1, -0.05) is 24.3 Å². The number of aryl methyl sites for hydroxylation is 1. The van der Waals surface area contributed by atoms with E-state index in [1.54, 1.807) is 36.4 Å². The quantitative estimate of drug-likeness (QED) is 0.708. The minimum atomic E-state index is -0.182. The highest BCUT2D eigenvalue weighted by molar-refractivity contribution is 5.94. The van der Waals surface area contributed by atoms with Crippen molar-refractivity contribution in [3.05, 3.63) is 87.7 Å². The number of hydrogen-bond donors (Lipinski definition) is 1. The van der Waals surface area contributed by atoms with Crippen LogP contribution in [0.3, 0.4) is 0 Å². The molecule has 0 radical (unpaired) electrons. The first kappa shape index (κ1) is 19.5. The van der Waals surface area contributed by atoms with Crippen molar-refractivity contribution >= 4 is 11.7 Å². The van der Waals surface area contributed by atoms with Gasteiger partial charge in [-0.3, -0.25) is 9.59 Å². The number of fused-ring (bicyclic) bond motifs is 1. The molecule has 2 aliphatic rings. The second-order valence-corrected chi connectivity index (χ2v) is 8.30. The van der Waals surface area contributed by atoms with Crippen LogP contribution in [-0.2, 0) is 6.42 Å². The van der Waals surface area contributed by atoms with Crippen LogP contribution in [0.15, 0.2) is 65.5 Å². The summed E-state index contributed by atoms with van der Waals surface area (Å²) in [7, 11) is 0. The third kappa shape index (κ3) is 3.98. The summed E-state index contributed by atoms with van der Waals surface area (Å²) in [4.78, 5) is 27.4. The number of hydrogen-bond acceptors (Lipinski definition) is 4. The maximum atomic E-state index is 12.9. The van der Waals surface area contributed by atoms with Gasteiger partial charge in [-0.25, -0.2) is 0 Å². The number of carbonyl (C=O) groups excluding carboxylic acids is 1. The Hall–Kier alpha value is -3.41. The number of rotatable bonds is 4. The van der Waals surface area contributed by atoms with Gasteiger partial charge in [0.15, 0.2) is 0 Å². The molecule has 2 aromatic carbocycles. The van der Waals surface area contributed by atoms with E-state index in [4.69, 9.17) is 0 Å². The van der Waals surface area contributed by atoms with Crippen LogP contribution in [0.4, 0.5) is 5.82 Å². The Morgan fingerprint density at radius 1 is 0.935 bits per heavy atom. The first-order chi connectivity index (χ1) is 15.2.